The Labute approximate surface area is 139 Å². The molecule has 2 aliphatic rings. The van der Waals surface area contributed by atoms with Crippen molar-refractivity contribution >= 4 is 6.03 Å². The minimum absolute atomic E-state index is 0.0411. The number of carbonyl (C=O) groups excluding carboxylic acids is 1. The van der Waals surface area contributed by atoms with Crippen molar-refractivity contribution in [3.8, 4) is 0 Å². The molecule has 1 unspecified atom stereocenters. The summed E-state index contributed by atoms with van der Waals surface area (Å²) in [6, 6.07) is 8.79. The van der Waals surface area contributed by atoms with Crippen LogP contribution in [-0.4, -0.2) is 36.7 Å². The number of urea groups is 1. The van der Waals surface area contributed by atoms with Crippen molar-refractivity contribution in [2.75, 3.05) is 13.6 Å². The fourth-order valence-corrected chi connectivity index (χ4v) is 3.62. The van der Waals surface area contributed by atoms with E-state index in [0.717, 1.165) is 19.3 Å². The zero-order chi connectivity index (χ0) is 16.1. The lowest BCUT2D eigenvalue weighted by molar-refractivity contribution is 0.0148. The van der Waals surface area contributed by atoms with E-state index in [1.165, 1.54) is 36.8 Å². The number of benzene rings is 1. The Morgan fingerprint density at radius 2 is 1.87 bits per heavy atom. The molecule has 3 rings (SSSR count). The second kappa shape index (κ2) is 7.82. The normalized spacial score (nSPS) is 22.0. The van der Waals surface area contributed by atoms with Gasteiger partial charge in [0.25, 0.3) is 0 Å². The molecular formula is C19H28N2O2. The third kappa shape index (κ3) is 4.47. The number of ether oxygens (including phenoxy) is 1. The number of rotatable bonds is 3. The highest BCUT2D eigenvalue weighted by molar-refractivity contribution is 5.74. The van der Waals surface area contributed by atoms with Gasteiger partial charge in [-0.1, -0.05) is 49.9 Å². The number of amides is 2. The quantitative estimate of drug-likeness (QED) is 0.867. The number of hydrogen-bond donors (Lipinski definition) is 1. The van der Waals surface area contributed by atoms with Gasteiger partial charge in [0.1, 0.15) is 0 Å². The summed E-state index contributed by atoms with van der Waals surface area (Å²) in [5.41, 5.74) is 2.62. The highest BCUT2D eigenvalue weighted by Gasteiger charge is 2.23. The molecular weight excluding hydrogens is 288 g/mol. The van der Waals surface area contributed by atoms with Gasteiger partial charge in [-0.3, -0.25) is 0 Å². The third-order valence-corrected chi connectivity index (χ3v) is 5.05. The molecule has 4 heteroatoms. The van der Waals surface area contributed by atoms with Crippen LogP contribution < -0.4 is 5.32 Å². The Morgan fingerprint density at radius 1 is 1.17 bits per heavy atom. The Morgan fingerprint density at radius 3 is 2.61 bits per heavy atom. The standard InChI is InChI=1S/C19H28N2O2/c1-21(19(22)20-17-10-4-2-3-5-11-17)13-18-12-15-8-6-7-9-16(15)14-23-18/h6-9,17-18H,2-5,10-14H2,1H3,(H,20,22). The maximum Gasteiger partial charge on any atom is 0.317 e. The molecule has 1 aromatic carbocycles. The lowest BCUT2D eigenvalue weighted by atomic mass is 9.99. The van der Waals surface area contributed by atoms with Gasteiger partial charge in [0, 0.05) is 26.1 Å². The predicted molar refractivity (Wildman–Crippen MR) is 91.4 cm³/mol. The molecule has 1 aromatic rings. The van der Waals surface area contributed by atoms with Crippen LogP contribution in [0.2, 0.25) is 0 Å². The molecule has 0 bridgehead atoms. The van der Waals surface area contributed by atoms with Gasteiger partial charge in [-0.05, 0) is 24.0 Å². The second-order valence-corrected chi connectivity index (χ2v) is 6.92. The third-order valence-electron chi connectivity index (χ3n) is 5.05. The molecule has 1 aliphatic heterocycles. The Kier molecular flexibility index (Phi) is 5.55. The molecule has 0 radical (unpaired) electrons. The second-order valence-electron chi connectivity index (χ2n) is 6.92. The zero-order valence-electron chi connectivity index (χ0n) is 14.1. The van der Waals surface area contributed by atoms with Crippen LogP contribution in [0.15, 0.2) is 24.3 Å². The van der Waals surface area contributed by atoms with Crippen molar-refractivity contribution < 1.29 is 9.53 Å². The average Bonchev–Trinajstić information content (AvgIpc) is 2.83. The first kappa shape index (κ1) is 16.3. The molecule has 4 nitrogen and oxygen atoms in total. The van der Waals surface area contributed by atoms with E-state index in [1.807, 2.05) is 7.05 Å². The van der Waals surface area contributed by atoms with Crippen molar-refractivity contribution in [1.82, 2.24) is 10.2 Å². The molecule has 23 heavy (non-hydrogen) atoms. The number of nitrogens with zero attached hydrogens (tertiary/aromatic N) is 1. The first-order chi connectivity index (χ1) is 11.2. The summed E-state index contributed by atoms with van der Waals surface area (Å²) in [4.78, 5) is 14.2. The van der Waals surface area contributed by atoms with Gasteiger partial charge in [-0.15, -0.1) is 0 Å². The summed E-state index contributed by atoms with van der Waals surface area (Å²) in [5.74, 6) is 0. The van der Waals surface area contributed by atoms with Gasteiger partial charge in [-0.2, -0.15) is 0 Å². The van der Waals surface area contributed by atoms with E-state index < -0.39 is 0 Å². The Bertz CT molecular complexity index is 524. The van der Waals surface area contributed by atoms with Crippen LogP contribution >= 0.6 is 0 Å². The van der Waals surface area contributed by atoms with E-state index >= 15 is 0 Å². The van der Waals surface area contributed by atoms with Gasteiger partial charge in [-0.25, -0.2) is 4.79 Å². The molecule has 0 saturated heterocycles. The smallest absolute Gasteiger partial charge is 0.317 e. The monoisotopic (exact) mass is 316 g/mol. The molecule has 126 valence electrons. The van der Waals surface area contributed by atoms with Crippen molar-refractivity contribution in [2.45, 2.75) is 63.7 Å². The van der Waals surface area contributed by atoms with Crippen LogP contribution in [0.4, 0.5) is 4.79 Å². The number of nitrogens with one attached hydrogen (secondary N) is 1. The molecule has 0 aromatic heterocycles. The molecule has 1 atom stereocenters. The highest BCUT2D eigenvalue weighted by Crippen LogP contribution is 2.21. The number of likely N-dealkylation sites (N-methyl/N-ethyl adjacent to an activating group) is 1. The Hall–Kier alpha value is -1.55. The molecule has 0 spiro atoms. The van der Waals surface area contributed by atoms with Gasteiger partial charge in [0.05, 0.1) is 12.7 Å². The van der Waals surface area contributed by atoms with Crippen molar-refractivity contribution in [3.05, 3.63) is 35.4 Å². The summed E-state index contributed by atoms with van der Waals surface area (Å²) in [7, 11) is 1.87. The van der Waals surface area contributed by atoms with Crippen LogP contribution in [0, 0.1) is 0 Å². The number of hydrogen-bond acceptors (Lipinski definition) is 2. The summed E-state index contributed by atoms with van der Waals surface area (Å²) in [6.07, 6.45) is 8.29. The first-order valence-corrected chi connectivity index (χ1v) is 8.92. The van der Waals surface area contributed by atoms with Crippen LogP contribution in [0.25, 0.3) is 0 Å². The molecule has 1 heterocycles. The predicted octanol–water partition coefficient (Wildman–Crippen LogP) is 3.49. The first-order valence-electron chi connectivity index (χ1n) is 8.92. The Balaban J connectivity index is 1.49. The largest absolute Gasteiger partial charge is 0.371 e. The van der Waals surface area contributed by atoms with Gasteiger partial charge >= 0.3 is 6.03 Å². The van der Waals surface area contributed by atoms with Crippen LogP contribution in [0.5, 0.6) is 0 Å². The summed E-state index contributed by atoms with van der Waals surface area (Å²) < 4.78 is 5.91. The summed E-state index contributed by atoms with van der Waals surface area (Å²) >= 11 is 0. The van der Waals surface area contributed by atoms with E-state index in [2.05, 4.69) is 29.6 Å². The fourth-order valence-electron chi connectivity index (χ4n) is 3.62. The fraction of sp³-hybridized carbons (Fsp3) is 0.632. The highest BCUT2D eigenvalue weighted by atomic mass is 16.5. The van der Waals surface area contributed by atoms with E-state index in [1.54, 1.807) is 4.90 Å². The molecule has 1 N–H and O–H groups in total. The summed E-state index contributed by atoms with van der Waals surface area (Å²) in [5, 5.41) is 3.20. The topological polar surface area (TPSA) is 41.6 Å². The van der Waals surface area contributed by atoms with E-state index in [4.69, 9.17) is 4.74 Å². The zero-order valence-corrected chi connectivity index (χ0v) is 14.1. The number of carbonyl (C=O) groups is 1. The summed E-state index contributed by atoms with van der Waals surface area (Å²) in [6.45, 7) is 1.30. The van der Waals surface area contributed by atoms with Gasteiger partial charge in [0.15, 0.2) is 0 Å². The van der Waals surface area contributed by atoms with Gasteiger partial charge in [0.2, 0.25) is 0 Å². The average molecular weight is 316 g/mol. The molecule has 1 aliphatic carbocycles. The van der Waals surface area contributed by atoms with E-state index in [9.17, 15) is 4.79 Å². The van der Waals surface area contributed by atoms with Crippen molar-refractivity contribution in [2.24, 2.45) is 0 Å². The van der Waals surface area contributed by atoms with Crippen LogP contribution in [-0.2, 0) is 17.8 Å². The van der Waals surface area contributed by atoms with Crippen LogP contribution in [0.1, 0.15) is 49.7 Å². The van der Waals surface area contributed by atoms with E-state index in [0.29, 0.717) is 19.2 Å². The van der Waals surface area contributed by atoms with Gasteiger partial charge < -0.3 is 15.0 Å². The lowest BCUT2D eigenvalue weighted by Gasteiger charge is -2.30. The maximum absolute atomic E-state index is 12.4. The van der Waals surface area contributed by atoms with E-state index in [-0.39, 0.29) is 12.1 Å². The molecule has 2 amide bonds. The SMILES string of the molecule is CN(CC1Cc2ccccc2CO1)C(=O)NC1CCCCCC1. The number of fused-ring (bicyclic) bond motifs is 1. The minimum atomic E-state index is 0.0411. The maximum atomic E-state index is 12.4. The van der Waals surface area contributed by atoms with Crippen LogP contribution in [0.3, 0.4) is 0 Å². The molecule has 1 saturated carbocycles. The van der Waals surface area contributed by atoms with Crippen molar-refractivity contribution in [1.29, 1.82) is 0 Å². The lowest BCUT2D eigenvalue weighted by Crippen LogP contribution is -2.46. The minimum Gasteiger partial charge on any atom is -0.371 e. The van der Waals surface area contributed by atoms with Crippen molar-refractivity contribution in [3.63, 3.8) is 0 Å². The molecule has 1 fully saturated rings.